The van der Waals surface area contributed by atoms with Gasteiger partial charge in [0.1, 0.15) is 36.5 Å². The molecule has 51 heavy (non-hydrogen) atoms. The van der Waals surface area contributed by atoms with Crippen molar-refractivity contribution >= 4 is 53.1 Å². The van der Waals surface area contributed by atoms with Crippen molar-refractivity contribution in [3.05, 3.63) is 42.0 Å². The zero-order valence-electron chi connectivity index (χ0n) is 28.6. The Hall–Kier alpha value is -4.97. The van der Waals surface area contributed by atoms with E-state index in [0.717, 1.165) is 17.1 Å². The first-order valence-electron chi connectivity index (χ1n) is 16.1. The molecule has 4 amide bonds. The summed E-state index contributed by atoms with van der Waals surface area (Å²) in [6, 6.07) is 4.35. The minimum atomic E-state index is -1.95. The zero-order valence-corrected chi connectivity index (χ0v) is 28.6. The average Bonchev–Trinajstić information content (AvgIpc) is 3.38. The van der Waals surface area contributed by atoms with Crippen molar-refractivity contribution in [1.82, 2.24) is 10.2 Å². The summed E-state index contributed by atoms with van der Waals surface area (Å²) in [6.45, 7) is 6.35. The Labute approximate surface area is 293 Å². The van der Waals surface area contributed by atoms with Crippen LogP contribution in [0.1, 0.15) is 52.5 Å². The maximum Gasteiger partial charge on any atom is 0.335 e. The number of amides is 4. The molecule has 0 spiro atoms. The lowest BCUT2D eigenvalue weighted by molar-refractivity contribution is -0.271. The topological polar surface area (TPSA) is 255 Å². The van der Waals surface area contributed by atoms with Gasteiger partial charge in [0.25, 0.3) is 11.8 Å². The first-order chi connectivity index (χ1) is 23.9. The number of aliphatic hydroxyl groups is 3. The molecule has 1 saturated heterocycles. The normalized spacial score (nSPS) is 22.5. The summed E-state index contributed by atoms with van der Waals surface area (Å²) in [6.07, 6.45) is -4.59. The number of carbonyl (C=O) groups is 7. The van der Waals surface area contributed by atoms with Crippen LogP contribution in [0, 0.1) is 11.3 Å². The van der Waals surface area contributed by atoms with Gasteiger partial charge in [-0.1, -0.05) is 19.1 Å². The predicted molar refractivity (Wildman–Crippen MR) is 176 cm³/mol. The van der Waals surface area contributed by atoms with Crippen LogP contribution in [-0.2, 0) is 43.0 Å². The van der Waals surface area contributed by atoms with E-state index in [1.807, 2.05) is 0 Å². The van der Waals surface area contributed by atoms with Crippen molar-refractivity contribution in [2.45, 2.75) is 77.7 Å². The number of imide groups is 1. The van der Waals surface area contributed by atoms with Gasteiger partial charge in [-0.2, -0.15) is 0 Å². The zero-order chi connectivity index (χ0) is 38.0. The molecule has 3 rings (SSSR count). The minimum absolute atomic E-state index is 0.0209. The van der Waals surface area contributed by atoms with Crippen molar-refractivity contribution in [1.29, 1.82) is 0 Å². The van der Waals surface area contributed by atoms with Gasteiger partial charge in [0.15, 0.2) is 6.10 Å². The molecule has 1 aromatic rings. The molecule has 1 fully saturated rings. The number of esters is 1. The molecule has 278 valence electrons. The van der Waals surface area contributed by atoms with Crippen molar-refractivity contribution in [2.24, 2.45) is 11.3 Å². The number of hydrogen-bond acceptors (Lipinski definition) is 13. The lowest BCUT2D eigenvalue weighted by atomic mass is 9.97. The highest BCUT2D eigenvalue weighted by Crippen LogP contribution is 2.31. The van der Waals surface area contributed by atoms with E-state index < -0.39 is 77.6 Å². The number of rotatable bonds is 16. The second-order valence-electron chi connectivity index (χ2n) is 13.0. The van der Waals surface area contributed by atoms with Gasteiger partial charge in [-0.05, 0) is 44.5 Å². The molecule has 0 saturated carbocycles. The van der Waals surface area contributed by atoms with Gasteiger partial charge in [-0.3, -0.25) is 33.7 Å². The molecule has 17 nitrogen and oxygen atoms in total. The van der Waals surface area contributed by atoms with Crippen LogP contribution >= 0.6 is 0 Å². The Bertz CT molecular complexity index is 1550. The average molecular weight is 718 g/mol. The fourth-order valence-electron chi connectivity index (χ4n) is 4.76. The quantitative estimate of drug-likeness (QED) is 0.0966. The molecule has 6 atom stereocenters. The van der Waals surface area contributed by atoms with E-state index >= 15 is 0 Å². The Kier molecular flexibility index (Phi) is 14.1. The second-order valence-corrected chi connectivity index (χ2v) is 13.0. The smallest absolute Gasteiger partial charge is 0.335 e. The van der Waals surface area contributed by atoms with E-state index in [1.54, 1.807) is 32.9 Å². The van der Waals surface area contributed by atoms with Gasteiger partial charge in [-0.15, -0.1) is 0 Å². The molecule has 0 aliphatic carbocycles. The number of carboxylic acids is 1. The van der Waals surface area contributed by atoms with Crippen molar-refractivity contribution in [3.8, 4) is 5.75 Å². The first kappa shape index (κ1) is 40.5. The molecule has 2 heterocycles. The van der Waals surface area contributed by atoms with Crippen LogP contribution in [0.15, 0.2) is 36.4 Å². The molecular formula is C34H43N3O14. The van der Waals surface area contributed by atoms with Gasteiger partial charge >= 0.3 is 11.9 Å². The third-order valence-electron chi connectivity index (χ3n) is 7.71. The number of anilines is 1. The van der Waals surface area contributed by atoms with Crippen LogP contribution in [-0.4, -0.2) is 117 Å². The minimum Gasteiger partial charge on any atom is -0.479 e. The molecule has 1 aromatic carbocycles. The maximum atomic E-state index is 12.9. The Morgan fingerprint density at radius 3 is 2.29 bits per heavy atom. The SMILES string of the molecule is C[C@H](CC(=O)CCN1C(=O)C=CC1=O)C(=O)NCCC(=O)Nc1cc(/C=C/COC(=O)C(C)(C)C)ccc1O[C@@H]1O[C@H](C(=O)O)[C@@H](O)[C@H](O)[C@H]1O. The van der Waals surface area contributed by atoms with Crippen LogP contribution in [0.3, 0.4) is 0 Å². The fraction of sp³-hybridized carbons (Fsp3) is 0.500. The summed E-state index contributed by atoms with van der Waals surface area (Å²) in [5.74, 6) is -5.38. The van der Waals surface area contributed by atoms with E-state index in [2.05, 4.69) is 10.6 Å². The number of ketones is 1. The van der Waals surface area contributed by atoms with Crippen LogP contribution in [0.5, 0.6) is 5.75 Å². The molecule has 0 bridgehead atoms. The molecule has 17 heteroatoms. The Morgan fingerprint density at radius 2 is 1.67 bits per heavy atom. The number of aliphatic carboxylic acids is 1. The van der Waals surface area contributed by atoms with Gasteiger partial charge in [0.2, 0.25) is 18.1 Å². The third-order valence-corrected chi connectivity index (χ3v) is 7.71. The largest absolute Gasteiger partial charge is 0.479 e. The number of carboxylic acid groups (broad SMARTS) is 1. The number of hydrogen-bond donors (Lipinski definition) is 6. The molecule has 6 N–H and O–H groups in total. The van der Waals surface area contributed by atoms with Gasteiger partial charge in [0.05, 0.1) is 11.1 Å². The van der Waals surface area contributed by atoms with E-state index in [4.69, 9.17) is 14.2 Å². The summed E-state index contributed by atoms with van der Waals surface area (Å²) >= 11 is 0. The molecule has 0 aromatic heterocycles. The highest BCUT2D eigenvalue weighted by Gasteiger charge is 2.48. The molecule has 2 aliphatic heterocycles. The first-order valence-corrected chi connectivity index (χ1v) is 16.1. The standard InChI is InChI=1S/C34H43N3O14/c1-18(16-20(38)12-14-37-24(40)9-10-25(37)41)30(45)35-13-11-23(39)36-21-17-19(6-5-15-49-33(48)34(2,3)4)7-8-22(21)50-32-28(44)26(42)27(43)29(51-32)31(46)47/h5-10,17-18,26-29,32,42-44H,11-16H2,1-4H3,(H,35,45)(H,36,39)(H,46,47)/b6-5+/t18-,26+,27+,28-,29+,32-/m1/s1. The maximum absolute atomic E-state index is 12.9. The van der Waals surface area contributed by atoms with Crippen molar-refractivity contribution in [3.63, 3.8) is 0 Å². The second kappa shape index (κ2) is 17.8. The number of nitrogens with zero attached hydrogens (tertiary/aromatic N) is 1. The Balaban J connectivity index is 1.63. The lowest BCUT2D eigenvalue weighted by Crippen LogP contribution is -2.61. The summed E-state index contributed by atoms with van der Waals surface area (Å²) in [7, 11) is 0. The van der Waals surface area contributed by atoms with Gasteiger partial charge in [-0.25, -0.2) is 4.79 Å². The van der Waals surface area contributed by atoms with Crippen LogP contribution in [0.2, 0.25) is 0 Å². The number of carbonyl (C=O) groups excluding carboxylic acids is 6. The lowest BCUT2D eigenvalue weighted by Gasteiger charge is -2.38. The van der Waals surface area contributed by atoms with Crippen LogP contribution < -0.4 is 15.4 Å². The number of nitrogens with one attached hydrogen (secondary N) is 2. The van der Waals surface area contributed by atoms with E-state index in [-0.39, 0.29) is 56.2 Å². The highest BCUT2D eigenvalue weighted by molar-refractivity contribution is 6.13. The monoisotopic (exact) mass is 717 g/mol. The number of benzene rings is 1. The molecule has 2 aliphatic rings. The van der Waals surface area contributed by atoms with E-state index in [9.17, 15) is 54.0 Å². The molecular weight excluding hydrogens is 674 g/mol. The number of Topliss-reactive ketones (excluding diaryl/α,β-unsaturated/α-hetero) is 1. The number of aliphatic hydroxyl groups excluding tert-OH is 3. The van der Waals surface area contributed by atoms with Crippen molar-refractivity contribution in [2.75, 3.05) is 25.0 Å². The van der Waals surface area contributed by atoms with Gasteiger partial charge in [0, 0.05) is 50.4 Å². The van der Waals surface area contributed by atoms with Crippen LogP contribution in [0.4, 0.5) is 5.69 Å². The molecule has 0 unspecified atom stereocenters. The fourth-order valence-corrected chi connectivity index (χ4v) is 4.76. The third kappa shape index (κ3) is 11.5. The van der Waals surface area contributed by atoms with E-state index in [0.29, 0.717) is 5.56 Å². The highest BCUT2D eigenvalue weighted by atomic mass is 16.7. The van der Waals surface area contributed by atoms with Gasteiger partial charge < -0.3 is 45.3 Å². The van der Waals surface area contributed by atoms with Crippen molar-refractivity contribution < 1.29 is 68.2 Å². The summed E-state index contributed by atoms with van der Waals surface area (Å²) in [4.78, 5) is 85.7. The summed E-state index contributed by atoms with van der Waals surface area (Å²) in [5, 5.41) is 45.1. The predicted octanol–water partition coefficient (Wildman–Crippen LogP) is -0.0847. The van der Waals surface area contributed by atoms with E-state index in [1.165, 1.54) is 25.1 Å². The number of ether oxygens (including phenoxy) is 3. The molecule has 0 radical (unpaired) electrons. The summed E-state index contributed by atoms with van der Waals surface area (Å²) in [5.41, 5.74) is -0.187. The summed E-state index contributed by atoms with van der Waals surface area (Å²) < 4.78 is 16.1. The van der Waals surface area contributed by atoms with Crippen LogP contribution in [0.25, 0.3) is 6.08 Å². The Morgan fingerprint density at radius 1 is 1.00 bits per heavy atom.